The van der Waals surface area contributed by atoms with Crippen molar-refractivity contribution in [3.05, 3.63) is 36.2 Å². The number of hydrogen-bond donors (Lipinski definition) is 2. The zero-order valence-electron chi connectivity index (χ0n) is 12.3. The van der Waals surface area contributed by atoms with E-state index >= 15 is 0 Å². The predicted molar refractivity (Wildman–Crippen MR) is 81.8 cm³/mol. The number of nitrogens with zero attached hydrogens (tertiary/aromatic N) is 1. The molecule has 0 saturated heterocycles. The summed E-state index contributed by atoms with van der Waals surface area (Å²) in [5.41, 5.74) is 2.33. The van der Waals surface area contributed by atoms with Gasteiger partial charge < -0.3 is 15.0 Å². The molecule has 0 saturated carbocycles. The van der Waals surface area contributed by atoms with Crippen LogP contribution in [0, 0.1) is 0 Å². The molecule has 1 aromatic carbocycles. The Kier molecular flexibility index (Phi) is 5.62. The van der Waals surface area contributed by atoms with Crippen molar-refractivity contribution >= 4 is 0 Å². The number of methoxy groups -OCH3 is 1. The zero-order chi connectivity index (χ0) is 14.2. The number of H-pyrrole nitrogens is 1. The lowest BCUT2D eigenvalue weighted by molar-refractivity contribution is 0.414. The summed E-state index contributed by atoms with van der Waals surface area (Å²) in [6.07, 6.45) is 7.36. The summed E-state index contributed by atoms with van der Waals surface area (Å²) in [5, 5.41) is 3.49. The average Bonchev–Trinajstić information content (AvgIpc) is 3.01. The normalized spacial score (nSPS) is 10.7. The van der Waals surface area contributed by atoms with Gasteiger partial charge in [-0.05, 0) is 36.7 Å². The quantitative estimate of drug-likeness (QED) is 0.725. The van der Waals surface area contributed by atoms with Crippen molar-refractivity contribution in [3.63, 3.8) is 0 Å². The van der Waals surface area contributed by atoms with E-state index in [2.05, 4.69) is 34.3 Å². The lowest BCUT2D eigenvalue weighted by atomic mass is 10.1. The molecule has 0 spiro atoms. The summed E-state index contributed by atoms with van der Waals surface area (Å²) in [5.74, 6) is 1.78. The fourth-order valence-electron chi connectivity index (χ4n) is 2.21. The van der Waals surface area contributed by atoms with E-state index < -0.39 is 0 Å². The van der Waals surface area contributed by atoms with Crippen LogP contribution in [0.15, 0.2) is 30.6 Å². The molecular formula is C16H23N3O. The molecule has 0 bridgehead atoms. The first-order valence-corrected chi connectivity index (χ1v) is 7.22. The Morgan fingerprint density at radius 1 is 1.30 bits per heavy atom. The number of ether oxygens (including phenoxy) is 1. The molecule has 2 rings (SSSR count). The maximum Gasteiger partial charge on any atom is 0.137 e. The molecule has 1 heterocycles. The van der Waals surface area contributed by atoms with Gasteiger partial charge in [0.25, 0.3) is 0 Å². The van der Waals surface area contributed by atoms with Gasteiger partial charge in [-0.2, -0.15) is 0 Å². The van der Waals surface area contributed by atoms with Crippen LogP contribution in [0.25, 0.3) is 11.4 Å². The van der Waals surface area contributed by atoms with Crippen LogP contribution in [-0.4, -0.2) is 23.6 Å². The monoisotopic (exact) mass is 273 g/mol. The zero-order valence-corrected chi connectivity index (χ0v) is 12.3. The fourth-order valence-corrected chi connectivity index (χ4v) is 2.21. The Balaban J connectivity index is 2.08. The third kappa shape index (κ3) is 3.84. The lowest BCUT2D eigenvalue weighted by Gasteiger charge is -2.11. The summed E-state index contributed by atoms with van der Waals surface area (Å²) in [6.45, 7) is 4.09. The number of imidazole rings is 1. The molecule has 0 amide bonds. The van der Waals surface area contributed by atoms with Crippen LogP contribution >= 0.6 is 0 Å². The molecule has 20 heavy (non-hydrogen) atoms. The SMILES string of the molecule is CCCCCNCc1cc(OC)ccc1-c1ncc[nH]1. The van der Waals surface area contributed by atoms with E-state index in [-0.39, 0.29) is 0 Å². The number of unbranched alkanes of at least 4 members (excludes halogenated alkanes) is 2. The van der Waals surface area contributed by atoms with Gasteiger partial charge in [-0.25, -0.2) is 4.98 Å². The van der Waals surface area contributed by atoms with E-state index in [4.69, 9.17) is 4.74 Å². The maximum absolute atomic E-state index is 5.31. The highest BCUT2D eigenvalue weighted by Crippen LogP contribution is 2.24. The Morgan fingerprint density at radius 3 is 2.90 bits per heavy atom. The predicted octanol–water partition coefficient (Wildman–Crippen LogP) is 3.37. The van der Waals surface area contributed by atoms with Gasteiger partial charge in [0.1, 0.15) is 11.6 Å². The summed E-state index contributed by atoms with van der Waals surface area (Å²) < 4.78 is 5.31. The minimum absolute atomic E-state index is 0.830. The van der Waals surface area contributed by atoms with Crippen molar-refractivity contribution < 1.29 is 4.74 Å². The van der Waals surface area contributed by atoms with Crippen molar-refractivity contribution in [1.29, 1.82) is 0 Å². The molecule has 1 aromatic heterocycles. The van der Waals surface area contributed by atoms with Crippen LogP contribution in [0.4, 0.5) is 0 Å². The van der Waals surface area contributed by atoms with E-state index in [0.717, 1.165) is 30.2 Å². The second-order valence-electron chi connectivity index (χ2n) is 4.84. The first kappa shape index (κ1) is 14.6. The molecule has 0 unspecified atom stereocenters. The van der Waals surface area contributed by atoms with E-state index in [1.807, 2.05) is 12.3 Å². The number of aromatic nitrogens is 2. The van der Waals surface area contributed by atoms with Gasteiger partial charge in [-0.1, -0.05) is 19.8 Å². The van der Waals surface area contributed by atoms with Crippen LogP contribution in [-0.2, 0) is 6.54 Å². The second kappa shape index (κ2) is 7.70. The van der Waals surface area contributed by atoms with Crippen LogP contribution in [0.1, 0.15) is 31.7 Å². The van der Waals surface area contributed by atoms with Crippen molar-refractivity contribution in [2.45, 2.75) is 32.7 Å². The standard InChI is InChI=1S/C16H23N3O/c1-3-4-5-8-17-12-13-11-14(20-2)6-7-15(13)16-18-9-10-19-16/h6-7,9-11,17H,3-5,8,12H2,1-2H3,(H,18,19). The highest BCUT2D eigenvalue weighted by molar-refractivity contribution is 5.61. The lowest BCUT2D eigenvalue weighted by Crippen LogP contribution is -2.15. The topological polar surface area (TPSA) is 49.9 Å². The van der Waals surface area contributed by atoms with Crippen LogP contribution in [0.5, 0.6) is 5.75 Å². The van der Waals surface area contributed by atoms with E-state index in [9.17, 15) is 0 Å². The number of benzene rings is 1. The molecule has 0 fully saturated rings. The molecule has 0 aliphatic carbocycles. The van der Waals surface area contributed by atoms with Gasteiger partial charge in [-0.15, -0.1) is 0 Å². The van der Waals surface area contributed by atoms with E-state index in [0.29, 0.717) is 0 Å². The Labute approximate surface area is 120 Å². The van der Waals surface area contributed by atoms with Crippen molar-refractivity contribution in [2.75, 3.05) is 13.7 Å². The highest BCUT2D eigenvalue weighted by Gasteiger charge is 2.08. The molecule has 108 valence electrons. The van der Waals surface area contributed by atoms with Crippen molar-refractivity contribution in [3.8, 4) is 17.1 Å². The van der Waals surface area contributed by atoms with E-state index in [1.165, 1.54) is 24.8 Å². The first-order chi connectivity index (χ1) is 9.85. The number of aromatic amines is 1. The van der Waals surface area contributed by atoms with Crippen LogP contribution < -0.4 is 10.1 Å². The number of rotatable bonds is 8. The second-order valence-corrected chi connectivity index (χ2v) is 4.84. The maximum atomic E-state index is 5.31. The highest BCUT2D eigenvalue weighted by atomic mass is 16.5. The molecular weight excluding hydrogens is 250 g/mol. The first-order valence-electron chi connectivity index (χ1n) is 7.22. The fraction of sp³-hybridized carbons (Fsp3) is 0.438. The third-order valence-corrected chi connectivity index (χ3v) is 3.34. The molecule has 4 heteroatoms. The molecule has 4 nitrogen and oxygen atoms in total. The Morgan fingerprint density at radius 2 is 2.20 bits per heavy atom. The summed E-state index contributed by atoms with van der Waals surface area (Å²) in [6, 6.07) is 6.10. The van der Waals surface area contributed by atoms with Gasteiger partial charge in [0.05, 0.1) is 7.11 Å². The average molecular weight is 273 g/mol. The minimum Gasteiger partial charge on any atom is -0.497 e. The van der Waals surface area contributed by atoms with Gasteiger partial charge in [-0.3, -0.25) is 0 Å². The molecule has 0 aliphatic rings. The van der Waals surface area contributed by atoms with Crippen LogP contribution in [0.2, 0.25) is 0 Å². The largest absolute Gasteiger partial charge is 0.497 e. The van der Waals surface area contributed by atoms with Crippen molar-refractivity contribution in [1.82, 2.24) is 15.3 Å². The van der Waals surface area contributed by atoms with Gasteiger partial charge in [0.15, 0.2) is 0 Å². The van der Waals surface area contributed by atoms with Gasteiger partial charge in [0.2, 0.25) is 0 Å². The summed E-state index contributed by atoms with van der Waals surface area (Å²) in [7, 11) is 1.69. The summed E-state index contributed by atoms with van der Waals surface area (Å²) in [4.78, 5) is 7.50. The Bertz CT molecular complexity index is 508. The summed E-state index contributed by atoms with van der Waals surface area (Å²) >= 11 is 0. The molecule has 0 radical (unpaired) electrons. The van der Waals surface area contributed by atoms with Crippen molar-refractivity contribution in [2.24, 2.45) is 0 Å². The number of hydrogen-bond acceptors (Lipinski definition) is 3. The molecule has 2 N–H and O–H groups in total. The Hall–Kier alpha value is -1.81. The molecule has 0 aliphatic heterocycles. The van der Waals surface area contributed by atoms with E-state index in [1.54, 1.807) is 13.3 Å². The smallest absolute Gasteiger partial charge is 0.137 e. The molecule has 2 aromatic rings. The van der Waals surface area contributed by atoms with Gasteiger partial charge in [0, 0.05) is 24.5 Å². The number of nitrogens with one attached hydrogen (secondary N) is 2. The molecule has 0 atom stereocenters. The van der Waals surface area contributed by atoms with Crippen LogP contribution in [0.3, 0.4) is 0 Å². The minimum atomic E-state index is 0.830. The van der Waals surface area contributed by atoms with Gasteiger partial charge >= 0.3 is 0 Å². The third-order valence-electron chi connectivity index (χ3n) is 3.34.